The maximum atomic E-state index is 10.6. The summed E-state index contributed by atoms with van der Waals surface area (Å²) in [5.74, 6) is 0. The summed E-state index contributed by atoms with van der Waals surface area (Å²) in [6.45, 7) is 3.80. The number of nitrogens with zero attached hydrogens (tertiary/aromatic N) is 1. The van der Waals surface area contributed by atoms with Crippen molar-refractivity contribution in [2.45, 2.75) is 51.0 Å². The molecule has 9 nitrogen and oxygen atoms in total. The largest absolute Gasteiger partial charge is 0.469 e. The first kappa shape index (κ1) is 21.9. The quantitative estimate of drug-likeness (QED) is 0.236. The summed E-state index contributed by atoms with van der Waals surface area (Å²) >= 11 is 0. The highest BCUT2D eigenvalue weighted by atomic mass is 31.2. The molecule has 0 saturated heterocycles. The van der Waals surface area contributed by atoms with Crippen LogP contribution < -0.4 is 0 Å². The average Bonchev–Trinajstić information content (AvgIpc) is 2.44. The van der Waals surface area contributed by atoms with Crippen molar-refractivity contribution in [2.24, 2.45) is 0 Å². The van der Waals surface area contributed by atoms with E-state index in [9.17, 15) is 25.0 Å². The number of rotatable bonds is 12. The first-order valence-electron chi connectivity index (χ1n) is 7.27. The smallest absolute Gasteiger partial charge is 0.395 e. The first-order valence-corrected chi connectivity index (χ1v) is 8.80. The molecule has 0 radical (unpaired) electrons. The van der Waals surface area contributed by atoms with Gasteiger partial charge in [-0.25, -0.2) is 4.57 Å². The van der Waals surface area contributed by atoms with Crippen molar-refractivity contribution in [3.63, 3.8) is 0 Å². The molecule has 22 heavy (non-hydrogen) atoms. The van der Waals surface area contributed by atoms with Gasteiger partial charge in [0.2, 0.25) is 0 Å². The lowest BCUT2D eigenvalue weighted by atomic mass is 10.00. The predicted octanol–water partition coefficient (Wildman–Crippen LogP) is -1.34. The number of aliphatic hydroxyl groups is 4. The number of phosphoric ester groups is 1. The van der Waals surface area contributed by atoms with Crippen LogP contribution in [0.5, 0.6) is 0 Å². The second kappa shape index (κ2) is 10.6. The van der Waals surface area contributed by atoms with Gasteiger partial charge in [-0.2, -0.15) is 0 Å². The van der Waals surface area contributed by atoms with E-state index >= 15 is 0 Å². The molecule has 134 valence electrons. The van der Waals surface area contributed by atoms with E-state index in [1.807, 2.05) is 13.8 Å². The lowest BCUT2D eigenvalue weighted by Gasteiger charge is -2.36. The third-order valence-electron chi connectivity index (χ3n) is 3.23. The minimum atomic E-state index is -4.77. The van der Waals surface area contributed by atoms with E-state index in [0.717, 1.165) is 12.8 Å². The fourth-order valence-corrected chi connectivity index (χ4v) is 2.53. The third-order valence-corrected chi connectivity index (χ3v) is 3.71. The Morgan fingerprint density at radius 3 is 1.91 bits per heavy atom. The summed E-state index contributed by atoms with van der Waals surface area (Å²) < 4.78 is 14.7. The van der Waals surface area contributed by atoms with Gasteiger partial charge >= 0.3 is 7.82 Å². The Kier molecular flexibility index (Phi) is 10.6. The van der Waals surface area contributed by atoms with E-state index < -0.39 is 45.4 Å². The zero-order chi connectivity index (χ0) is 17.3. The van der Waals surface area contributed by atoms with Gasteiger partial charge < -0.3 is 30.2 Å². The van der Waals surface area contributed by atoms with Crippen LogP contribution in [0, 0.1) is 0 Å². The van der Waals surface area contributed by atoms with Gasteiger partial charge in [-0.1, -0.05) is 13.8 Å². The summed E-state index contributed by atoms with van der Waals surface area (Å²) in [6, 6.07) is -0.792. The highest BCUT2D eigenvalue weighted by Crippen LogP contribution is 2.35. The SMILES string of the molecule is CCCN(CCC)[C@@H](CO)[C@@H](O)[C@H](O)[C@H](O)COP(=O)(O)O. The van der Waals surface area contributed by atoms with Crippen LogP contribution in [0.1, 0.15) is 26.7 Å². The molecule has 0 aromatic heterocycles. The molecule has 0 aliphatic carbocycles. The van der Waals surface area contributed by atoms with Crippen molar-refractivity contribution in [2.75, 3.05) is 26.3 Å². The van der Waals surface area contributed by atoms with Crippen LogP contribution in [0.3, 0.4) is 0 Å². The summed E-state index contributed by atoms with van der Waals surface area (Å²) in [5.41, 5.74) is 0. The van der Waals surface area contributed by atoms with E-state index in [0.29, 0.717) is 13.1 Å². The predicted molar refractivity (Wildman–Crippen MR) is 79.0 cm³/mol. The van der Waals surface area contributed by atoms with Crippen LogP contribution in [0.2, 0.25) is 0 Å². The highest BCUT2D eigenvalue weighted by molar-refractivity contribution is 7.46. The van der Waals surface area contributed by atoms with Crippen LogP contribution in [-0.2, 0) is 9.09 Å². The summed E-state index contributed by atoms with van der Waals surface area (Å²) in [5, 5.41) is 39.2. The van der Waals surface area contributed by atoms with Crippen molar-refractivity contribution in [3.05, 3.63) is 0 Å². The molecule has 0 bridgehead atoms. The Balaban J connectivity index is 4.77. The molecule has 0 aliphatic rings. The molecule has 0 rings (SSSR count). The van der Waals surface area contributed by atoms with Crippen LogP contribution >= 0.6 is 7.82 Å². The Hall–Kier alpha value is -0.0900. The maximum absolute atomic E-state index is 10.6. The number of hydrogen-bond donors (Lipinski definition) is 6. The van der Waals surface area contributed by atoms with Crippen molar-refractivity contribution in [1.29, 1.82) is 0 Å². The van der Waals surface area contributed by atoms with Crippen LogP contribution in [0.25, 0.3) is 0 Å². The average molecular weight is 345 g/mol. The number of hydrogen-bond acceptors (Lipinski definition) is 7. The summed E-state index contributed by atoms with van der Waals surface area (Å²) in [4.78, 5) is 18.9. The lowest BCUT2D eigenvalue weighted by molar-refractivity contribution is -0.109. The third kappa shape index (κ3) is 7.96. The van der Waals surface area contributed by atoms with Gasteiger partial charge in [0.15, 0.2) is 0 Å². The molecule has 6 N–H and O–H groups in total. The molecule has 0 aromatic rings. The molecule has 0 heterocycles. The second-order valence-electron chi connectivity index (χ2n) is 5.12. The Morgan fingerprint density at radius 1 is 1.05 bits per heavy atom. The van der Waals surface area contributed by atoms with Crippen molar-refractivity contribution in [3.8, 4) is 0 Å². The molecule has 0 fully saturated rings. The van der Waals surface area contributed by atoms with Crippen LogP contribution in [0.4, 0.5) is 0 Å². The fourth-order valence-electron chi connectivity index (χ4n) is 2.18. The number of phosphoric acid groups is 1. The van der Waals surface area contributed by atoms with Gasteiger partial charge in [0, 0.05) is 0 Å². The van der Waals surface area contributed by atoms with Gasteiger partial charge in [0.05, 0.1) is 19.3 Å². The van der Waals surface area contributed by atoms with Gasteiger partial charge in [-0.15, -0.1) is 0 Å². The van der Waals surface area contributed by atoms with Crippen molar-refractivity contribution >= 4 is 7.82 Å². The zero-order valence-corrected chi connectivity index (χ0v) is 13.8. The summed E-state index contributed by atoms with van der Waals surface area (Å²) in [7, 11) is -4.77. The fraction of sp³-hybridized carbons (Fsp3) is 1.00. The molecule has 0 aromatic carbocycles. The van der Waals surface area contributed by atoms with E-state index in [2.05, 4.69) is 4.52 Å². The monoisotopic (exact) mass is 345 g/mol. The zero-order valence-electron chi connectivity index (χ0n) is 12.9. The molecule has 0 aliphatic heterocycles. The van der Waals surface area contributed by atoms with Crippen LogP contribution in [0.15, 0.2) is 0 Å². The topological polar surface area (TPSA) is 151 Å². The molecule has 0 amide bonds. The minimum absolute atomic E-state index is 0.426. The van der Waals surface area contributed by atoms with Crippen LogP contribution in [-0.4, -0.2) is 85.8 Å². The molecule has 0 saturated carbocycles. The normalized spacial score (nSPS) is 18.2. The molecule has 0 unspecified atom stereocenters. The molecule has 0 spiro atoms. The standard InChI is InChI=1S/C12H28NO8P/c1-3-5-13(6-4-2)9(7-14)11(16)12(17)10(15)8-21-22(18,19)20/h9-12,14-17H,3-8H2,1-2H3,(H2,18,19,20)/t9-,10+,11+,12+/m0/s1. The van der Waals surface area contributed by atoms with Gasteiger partial charge in [0.1, 0.15) is 18.3 Å². The minimum Gasteiger partial charge on any atom is -0.395 e. The van der Waals surface area contributed by atoms with Gasteiger partial charge in [-0.3, -0.25) is 9.42 Å². The highest BCUT2D eigenvalue weighted by Gasteiger charge is 2.35. The van der Waals surface area contributed by atoms with E-state index in [-0.39, 0.29) is 0 Å². The maximum Gasteiger partial charge on any atom is 0.469 e. The van der Waals surface area contributed by atoms with Gasteiger partial charge in [0.25, 0.3) is 0 Å². The van der Waals surface area contributed by atoms with E-state index in [1.54, 1.807) is 4.90 Å². The van der Waals surface area contributed by atoms with E-state index in [4.69, 9.17) is 9.79 Å². The number of aliphatic hydroxyl groups excluding tert-OH is 4. The van der Waals surface area contributed by atoms with Crippen molar-refractivity contribution in [1.82, 2.24) is 4.90 Å². The molecular weight excluding hydrogens is 317 g/mol. The lowest BCUT2D eigenvalue weighted by Crippen LogP contribution is -2.54. The van der Waals surface area contributed by atoms with E-state index in [1.165, 1.54) is 0 Å². The molecule has 4 atom stereocenters. The van der Waals surface area contributed by atoms with Crippen molar-refractivity contribution < 1.29 is 39.3 Å². The Bertz CT molecular complexity index is 333. The Labute approximate surface area is 130 Å². The first-order chi connectivity index (χ1) is 10.2. The Morgan fingerprint density at radius 2 is 1.55 bits per heavy atom. The summed E-state index contributed by atoms with van der Waals surface area (Å²) in [6.07, 6.45) is -3.33. The molecular formula is C12H28NO8P. The van der Waals surface area contributed by atoms with Gasteiger partial charge in [-0.05, 0) is 25.9 Å². The second-order valence-corrected chi connectivity index (χ2v) is 6.36. The molecule has 10 heteroatoms.